The first kappa shape index (κ1) is 15.8. The molecule has 0 atom stereocenters. The molecule has 3 heteroatoms. The predicted octanol–water partition coefficient (Wildman–Crippen LogP) is 5.36. The third-order valence-corrected chi connectivity index (χ3v) is 4.90. The summed E-state index contributed by atoms with van der Waals surface area (Å²) in [5.41, 5.74) is 7.25. The van der Waals surface area contributed by atoms with Gasteiger partial charge in [0, 0.05) is 11.3 Å². The highest BCUT2D eigenvalue weighted by Gasteiger charge is 2.06. The molecule has 0 bridgehead atoms. The summed E-state index contributed by atoms with van der Waals surface area (Å²) in [6, 6.07) is 19.0. The van der Waals surface area contributed by atoms with Gasteiger partial charge < -0.3 is 0 Å². The second-order valence-electron chi connectivity index (χ2n) is 5.79. The van der Waals surface area contributed by atoms with E-state index in [1.807, 2.05) is 0 Å². The lowest BCUT2D eigenvalue weighted by molar-refractivity contribution is 0.934. The highest BCUT2D eigenvalue weighted by molar-refractivity contribution is 7.98. The standard InChI is InChI=1S/C20H20N2S/c1-14-8-9-18(16(3)12-14)19-10-11-20(22-21-19)23-13-17-7-5-4-6-15(17)2/h4-12H,13H2,1-3H3. The normalized spacial score (nSPS) is 10.7. The van der Waals surface area contributed by atoms with Gasteiger partial charge in [0.05, 0.1) is 5.69 Å². The monoisotopic (exact) mass is 320 g/mol. The molecule has 0 unspecified atom stereocenters. The molecule has 0 aliphatic heterocycles. The minimum atomic E-state index is 0.921. The Morgan fingerprint density at radius 2 is 1.65 bits per heavy atom. The molecule has 0 aliphatic rings. The first-order valence-electron chi connectivity index (χ1n) is 7.72. The van der Waals surface area contributed by atoms with Crippen molar-refractivity contribution in [2.75, 3.05) is 0 Å². The Balaban J connectivity index is 1.73. The number of aryl methyl sites for hydroxylation is 3. The highest BCUT2D eigenvalue weighted by atomic mass is 32.2. The van der Waals surface area contributed by atoms with Crippen molar-refractivity contribution in [1.29, 1.82) is 0 Å². The second-order valence-corrected chi connectivity index (χ2v) is 6.79. The molecule has 0 amide bonds. The van der Waals surface area contributed by atoms with Gasteiger partial charge >= 0.3 is 0 Å². The molecule has 23 heavy (non-hydrogen) atoms. The van der Waals surface area contributed by atoms with Gasteiger partial charge in [0.25, 0.3) is 0 Å². The van der Waals surface area contributed by atoms with Crippen LogP contribution in [0.4, 0.5) is 0 Å². The number of aromatic nitrogens is 2. The van der Waals surface area contributed by atoms with Crippen LogP contribution in [-0.2, 0) is 5.75 Å². The number of rotatable bonds is 4. The van der Waals surface area contributed by atoms with Crippen LogP contribution in [0.15, 0.2) is 59.6 Å². The van der Waals surface area contributed by atoms with Gasteiger partial charge in [0.2, 0.25) is 0 Å². The van der Waals surface area contributed by atoms with Crippen molar-refractivity contribution in [2.45, 2.75) is 31.6 Å². The molecule has 0 radical (unpaired) electrons. The molecule has 0 saturated carbocycles. The summed E-state index contributed by atoms with van der Waals surface area (Å²) in [7, 11) is 0. The van der Waals surface area contributed by atoms with E-state index in [-0.39, 0.29) is 0 Å². The molecule has 0 N–H and O–H groups in total. The van der Waals surface area contributed by atoms with Crippen molar-refractivity contribution in [2.24, 2.45) is 0 Å². The van der Waals surface area contributed by atoms with Gasteiger partial charge in [-0.1, -0.05) is 59.8 Å². The van der Waals surface area contributed by atoms with Gasteiger partial charge in [-0.2, -0.15) is 0 Å². The van der Waals surface area contributed by atoms with Crippen molar-refractivity contribution in [3.05, 3.63) is 76.9 Å². The molecular formula is C20H20N2S. The fourth-order valence-corrected chi connectivity index (χ4v) is 3.46. The summed E-state index contributed by atoms with van der Waals surface area (Å²) < 4.78 is 0. The summed E-state index contributed by atoms with van der Waals surface area (Å²) in [5, 5.41) is 9.74. The van der Waals surface area contributed by atoms with Crippen LogP contribution in [0.5, 0.6) is 0 Å². The Morgan fingerprint density at radius 3 is 2.35 bits per heavy atom. The van der Waals surface area contributed by atoms with Crippen LogP contribution < -0.4 is 0 Å². The maximum Gasteiger partial charge on any atom is 0.119 e. The molecule has 2 nitrogen and oxygen atoms in total. The van der Waals surface area contributed by atoms with Crippen molar-refractivity contribution in [3.63, 3.8) is 0 Å². The van der Waals surface area contributed by atoms with E-state index < -0.39 is 0 Å². The van der Waals surface area contributed by atoms with E-state index in [1.165, 1.54) is 22.3 Å². The SMILES string of the molecule is Cc1ccc(-c2ccc(SCc3ccccc3C)nn2)c(C)c1. The summed E-state index contributed by atoms with van der Waals surface area (Å²) in [6.45, 7) is 6.36. The Labute approximate surface area is 142 Å². The molecule has 0 saturated heterocycles. The average Bonchev–Trinajstić information content (AvgIpc) is 2.55. The van der Waals surface area contributed by atoms with Crippen molar-refractivity contribution in [1.82, 2.24) is 10.2 Å². The quantitative estimate of drug-likeness (QED) is 0.605. The van der Waals surface area contributed by atoms with Crippen molar-refractivity contribution >= 4 is 11.8 Å². The zero-order valence-corrected chi connectivity index (χ0v) is 14.5. The molecule has 0 fully saturated rings. The minimum Gasteiger partial charge on any atom is -0.149 e. The molecule has 116 valence electrons. The third-order valence-electron chi connectivity index (χ3n) is 3.93. The van der Waals surface area contributed by atoms with E-state index in [4.69, 9.17) is 0 Å². The lowest BCUT2D eigenvalue weighted by Gasteiger charge is -2.07. The van der Waals surface area contributed by atoms with Gasteiger partial charge in [0.1, 0.15) is 5.03 Å². The van der Waals surface area contributed by atoms with Crippen molar-refractivity contribution in [3.8, 4) is 11.3 Å². The molecule has 3 aromatic rings. The number of nitrogens with zero attached hydrogens (tertiary/aromatic N) is 2. The zero-order chi connectivity index (χ0) is 16.2. The van der Waals surface area contributed by atoms with Crippen LogP contribution in [0.3, 0.4) is 0 Å². The first-order valence-corrected chi connectivity index (χ1v) is 8.71. The smallest absolute Gasteiger partial charge is 0.119 e. The maximum atomic E-state index is 4.40. The van der Waals surface area contributed by atoms with E-state index in [0.29, 0.717) is 0 Å². The van der Waals surface area contributed by atoms with E-state index in [2.05, 4.69) is 85.6 Å². The van der Waals surface area contributed by atoms with Crippen LogP contribution in [0.1, 0.15) is 22.3 Å². The highest BCUT2D eigenvalue weighted by Crippen LogP contribution is 2.25. The topological polar surface area (TPSA) is 25.8 Å². The molecule has 3 rings (SSSR count). The first-order chi connectivity index (χ1) is 11.1. The Bertz CT molecular complexity index is 810. The molecular weight excluding hydrogens is 300 g/mol. The summed E-state index contributed by atoms with van der Waals surface area (Å²) in [6.07, 6.45) is 0. The molecule has 2 aromatic carbocycles. The number of benzene rings is 2. The fraction of sp³-hybridized carbons (Fsp3) is 0.200. The van der Waals surface area contributed by atoms with Gasteiger partial charge in [0.15, 0.2) is 0 Å². The van der Waals surface area contributed by atoms with Gasteiger partial charge in [-0.15, -0.1) is 10.2 Å². The van der Waals surface area contributed by atoms with Crippen molar-refractivity contribution < 1.29 is 0 Å². The van der Waals surface area contributed by atoms with Gasteiger partial charge in [-0.3, -0.25) is 0 Å². The minimum absolute atomic E-state index is 0.921. The summed E-state index contributed by atoms with van der Waals surface area (Å²) in [4.78, 5) is 0. The Kier molecular flexibility index (Phi) is 4.77. The molecule has 0 aliphatic carbocycles. The molecule has 0 spiro atoms. The van der Waals surface area contributed by atoms with Crippen LogP contribution in [0, 0.1) is 20.8 Å². The Morgan fingerprint density at radius 1 is 0.826 bits per heavy atom. The van der Waals surface area contributed by atoms with E-state index in [0.717, 1.165) is 22.0 Å². The van der Waals surface area contributed by atoms with Gasteiger partial charge in [-0.05, 0) is 49.6 Å². The predicted molar refractivity (Wildman–Crippen MR) is 97.7 cm³/mol. The second kappa shape index (κ2) is 6.97. The maximum absolute atomic E-state index is 4.40. The molecule has 1 heterocycles. The lowest BCUT2D eigenvalue weighted by atomic mass is 10.0. The summed E-state index contributed by atoms with van der Waals surface area (Å²) in [5.74, 6) is 0.921. The third kappa shape index (κ3) is 3.80. The van der Waals surface area contributed by atoms with E-state index in [9.17, 15) is 0 Å². The zero-order valence-electron chi connectivity index (χ0n) is 13.7. The average molecular weight is 320 g/mol. The van der Waals surface area contributed by atoms with Crippen LogP contribution >= 0.6 is 11.8 Å². The van der Waals surface area contributed by atoms with Crippen LogP contribution in [-0.4, -0.2) is 10.2 Å². The fourth-order valence-electron chi connectivity index (χ4n) is 2.57. The number of thioether (sulfide) groups is 1. The lowest BCUT2D eigenvalue weighted by Crippen LogP contribution is -1.93. The number of hydrogen-bond acceptors (Lipinski definition) is 3. The van der Waals surface area contributed by atoms with Crippen LogP contribution in [0.2, 0.25) is 0 Å². The van der Waals surface area contributed by atoms with E-state index in [1.54, 1.807) is 11.8 Å². The van der Waals surface area contributed by atoms with Gasteiger partial charge in [-0.25, -0.2) is 0 Å². The largest absolute Gasteiger partial charge is 0.149 e. The number of hydrogen-bond donors (Lipinski definition) is 0. The molecule has 1 aromatic heterocycles. The Hall–Kier alpha value is -2.13. The van der Waals surface area contributed by atoms with Crippen LogP contribution in [0.25, 0.3) is 11.3 Å². The summed E-state index contributed by atoms with van der Waals surface area (Å²) >= 11 is 1.72. The van der Waals surface area contributed by atoms with E-state index >= 15 is 0 Å².